The maximum atomic E-state index is 5.48. The van der Waals surface area contributed by atoms with Gasteiger partial charge in [-0.05, 0) is 64.2 Å². The Hall–Kier alpha value is -0.0800. The molecule has 0 aromatic carbocycles. The second kappa shape index (κ2) is 4.30. The third kappa shape index (κ3) is 2.98. The highest BCUT2D eigenvalue weighted by atomic mass is 16.5. The van der Waals surface area contributed by atoms with Crippen LogP contribution in [0.15, 0.2) is 0 Å². The summed E-state index contributed by atoms with van der Waals surface area (Å²) in [5, 5.41) is 3.72. The second-order valence-corrected chi connectivity index (χ2v) is 6.59. The Morgan fingerprint density at radius 2 is 2.00 bits per heavy atom. The summed E-state index contributed by atoms with van der Waals surface area (Å²) in [6, 6.07) is 0.561. The molecule has 1 unspecified atom stereocenters. The number of rotatable bonds is 7. The van der Waals surface area contributed by atoms with E-state index in [1.54, 1.807) is 7.11 Å². The molecule has 0 radical (unpaired) electrons. The zero-order chi connectivity index (χ0) is 11.8. The molecule has 2 aliphatic carbocycles. The Morgan fingerprint density at radius 3 is 2.44 bits per heavy atom. The summed E-state index contributed by atoms with van der Waals surface area (Å²) in [4.78, 5) is 0. The largest absolute Gasteiger partial charge is 0.379 e. The maximum Gasteiger partial charge on any atom is 0.0637 e. The van der Waals surface area contributed by atoms with Gasteiger partial charge in [-0.2, -0.15) is 0 Å². The van der Waals surface area contributed by atoms with Gasteiger partial charge in [0.15, 0.2) is 0 Å². The number of hydrogen-bond donors (Lipinski definition) is 1. The minimum Gasteiger partial charge on any atom is -0.379 e. The van der Waals surface area contributed by atoms with E-state index in [2.05, 4.69) is 26.1 Å². The van der Waals surface area contributed by atoms with E-state index in [4.69, 9.17) is 4.74 Å². The molecule has 0 heterocycles. The van der Waals surface area contributed by atoms with Crippen LogP contribution >= 0.6 is 0 Å². The Kier molecular flexibility index (Phi) is 3.33. The first kappa shape index (κ1) is 12.4. The second-order valence-electron chi connectivity index (χ2n) is 6.59. The lowest BCUT2D eigenvalue weighted by Gasteiger charge is -2.28. The molecule has 0 bridgehead atoms. The summed E-state index contributed by atoms with van der Waals surface area (Å²) < 4.78 is 5.48. The molecule has 16 heavy (non-hydrogen) atoms. The average molecular weight is 225 g/mol. The molecular formula is C14H27NO. The molecule has 0 amide bonds. The standard InChI is InChI=1S/C14H27NO/c1-11(9-13(2,3)16-4)15-10-14(7-8-14)12-5-6-12/h11-12,15H,5-10H2,1-4H3. The predicted molar refractivity (Wildman–Crippen MR) is 67.6 cm³/mol. The molecule has 0 aromatic rings. The van der Waals surface area contributed by atoms with E-state index in [0.29, 0.717) is 11.5 Å². The van der Waals surface area contributed by atoms with Crippen LogP contribution in [-0.4, -0.2) is 25.3 Å². The normalized spacial score (nSPS) is 25.5. The van der Waals surface area contributed by atoms with E-state index in [9.17, 15) is 0 Å². The van der Waals surface area contributed by atoms with Crippen LogP contribution < -0.4 is 5.32 Å². The molecule has 94 valence electrons. The minimum atomic E-state index is 0.00269. The van der Waals surface area contributed by atoms with Crippen LogP contribution in [0, 0.1) is 11.3 Å². The van der Waals surface area contributed by atoms with Gasteiger partial charge in [-0.15, -0.1) is 0 Å². The summed E-state index contributed by atoms with van der Waals surface area (Å²) in [5.41, 5.74) is 0.716. The van der Waals surface area contributed by atoms with Gasteiger partial charge in [0, 0.05) is 19.7 Å². The highest BCUT2D eigenvalue weighted by Crippen LogP contribution is 2.60. The van der Waals surface area contributed by atoms with E-state index in [1.807, 2.05) is 0 Å². The zero-order valence-corrected chi connectivity index (χ0v) is 11.3. The molecule has 0 aromatic heterocycles. The van der Waals surface area contributed by atoms with Gasteiger partial charge in [-0.25, -0.2) is 0 Å². The van der Waals surface area contributed by atoms with Crippen LogP contribution in [-0.2, 0) is 4.74 Å². The molecule has 2 rings (SSSR count). The Labute approximate surface area is 100 Å². The van der Waals surface area contributed by atoms with Gasteiger partial charge < -0.3 is 10.1 Å². The van der Waals surface area contributed by atoms with E-state index in [-0.39, 0.29) is 5.60 Å². The van der Waals surface area contributed by atoms with Crippen LogP contribution in [0.5, 0.6) is 0 Å². The van der Waals surface area contributed by atoms with Gasteiger partial charge in [-0.3, -0.25) is 0 Å². The van der Waals surface area contributed by atoms with Crippen molar-refractivity contribution in [3.8, 4) is 0 Å². The lowest BCUT2D eigenvalue weighted by atomic mass is 9.97. The molecule has 0 saturated heterocycles. The molecule has 2 heteroatoms. The Morgan fingerprint density at radius 1 is 1.38 bits per heavy atom. The first-order valence-corrected chi connectivity index (χ1v) is 6.76. The van der Waals surface area contributed by atoms with Gasteiger partial charge in [0.2, 0.25) is 0 Å². The fourth-order valence-electron chi connectivity index (χ4n) is 2.86. The van der Waals surface area contributed by atoms with Crippen LogP contribution in [0.1, 0.15) is 52.9 Å². The van der Waals surface area contributed by atoms with Crippen LogP contribution in [0.3, 0.4) is 0 Å². The van der Waals surface area contributed by atoms with Crippen molar-refractivity contribution < 1.29 is 4.74 Å². The molecule has 0 aliphatic heterocycles. The summed E-state index contributed by atoms with van der Waals surface area (Å²) >= 11 is 0. The molecule has 1 N–H and O–H groups in total. The van der Waals surface area contributed by atoms with E-state index in [0.717, 1.165) is 12.3 Å². The zero-order valence-electron chi connectivity index (χ0n) is 11.3. The number of nitrogens with one attached hydrogen (secondary N) is 1. The van der Waals surface area contributed by atoms with Crippen LogP contribution in [0.4, 0.5) is 0 Å². The Balaban J connectivity index is 1.69. The quantitative estimate of drug-likeness (QED) is 0.719. The van der Waals surface area contributed by atoms with E-state index < -0.39 is 0 Å². The van der Waals surface area contributed by atoms with Crippen molar-refractivity contribution in [2.75, 3.05) is 13.7 Å². The molecule has 2 saturated carbocycles. The van der Waals surface area contributed by atoms with Crippen molar-refractivity contribution in [1.29, 1.82) is 0 Å². The van der Waals surface area contributed by atoms with Crippen molar-refractivity contribution >= 4 is 0 Å². The lowest BCUT2D eigenvalue weighted by Crippen LogP contribution is -2.38. The van der Waals surface area contributed by atoms with Crippen LogP contribution in [0.25, 0.3) is 0 Å². The number of methoxy groups -OCH3 is 1. The molecule has 2 aliphatic rings. The number of hydrogen-bond acceptors (Lipinski definition) is 2. The summed E-state index contributed by atoms with van der Waals surface area (Å²) in [6.45, 7) is 7.85. The molecule has 1 atom stereocenters. The maximum absolute atomic E-state index is 5.48. The number of ether oxygens (including phenoxy) is 1. The van der Waals surface area contributed by atoms with Gasteiger partial charge in [-0.1, -0.05) is 0 Å². The molecule has 2 fully saturated rings. The molecular weight excluding hydrogens is 198 g/mol. The SMILES string of the molecule is COC(C)(C)CC(C)NCC1(C2CC2)CC1. The van der Waals surface area contributed by atoms with E-state index in [1.165, 1.54) is 32.2 Å². The first-order valence-electron chi connectivity index (χ1n) is 6.76. The highest BCUT2D eigenvalue weighted by molar-refractivity contribution is 5.05. The van der Waals surface area contributed by atoms with Crippen LogP contribution in [0.2, 0.25) is 0 Å². The van der Waals surface area contributed by atoms with Gasteiger partial charge in [0.25, 0.3) is 0 Å². The Bertz CT molecular complexity index is 241. The monoisotopic (exact) mass is 225 g/mol. The van der Waals surface area contributed by atoms with Crippen molar-refractivity contribution in [3.63, 3.8) is 0 Å². The fraction of sp³-hybridized carbons (Fsp3) is 1.00. The predicted octanol–water partition coefficient (Wildman–Crippen LogP) is 2.97. The summed E-state index contributed by atoms with van der Waals surface area (Å²) in [6.07, 6.45) is 6.99. The lowest BCUT2D eigenvalue weighted by molar-refractivity contribution is 0.00812. The smallest absolute Gasteiger partial charge is 0.0637 e. The minimum absolute atomic E-state index is 0.00269. The van der Waals surface area contributed by atoms with E-state index >= 15 is 0 Å². The average Bonchev–Trinajstić information content (AvgIpc) is 3.05. The van der Waals surface area contributed by atoms with Crippen molar-refractivity contribution in [2.45, 2.75) is 64.5 Å². The van der Waals surface area contributed by atoms with Crippen molar-refractivity contribution in [2.24, 2.45) is 11.3 Å². The topological polar surface area (TPSA) is 21.3 Å². The fourth-order valence-corrected chi connectivity index (χ4v) is 2.86. The molecule has 2 nitrogen and oxygen atoms in total. The van der Waals surface area contributed by atoms with Gasteiger partial charge >= 0.3 is 0 Å². The van der Waals surface area contributed by atoms with Crippen molar-refractivity contribution in [1.82, 2.24) is 5.32 Å². The summed E-state index contributed by atoms with van der Waals surface area (Å²) in [7, 11) is 1.80. The van der Waals surface area contributed by atoms with Gasteiger partial charge in [0.05, 0.1) is 5.60 Å². The molecule has 0 spiro atoms. The first-order chi connectivity index (χ1) is 7.47. The van der Waals surface area contributed by atoms with Gasteiger partial charge in [0.1, 0.15) is 0 Å². The third-order valence-electron chi connectivity index (χ3n) is 4.49. The van der Waals surface area contributed by atoms with Crippen molar-refractivity contribution in [3.05, 3.63) is 0 Å². The third-order valence-corrected chi connectivity index (χ3v) is 4.49. The summed E-state index contributed by atoms with van der Waals surface area (Å²) in [5.74, 6) is 1.06. The highest BCUT2D eigenvalue weighted by Gasteiger charge is 2.53.